The summed E-state index contributed by atoms with van der Waals surface area (Å²) in [4.78, 5) is 27.7. The van der Waals surface area contributed by atoms with Crippen molar-refractivity contribution in [3.63, 3.8) is 0 Å². The number of amides is 2. The molecule has 1 aliphatic heterocycles. The predicted molar refractivity (Wildman–Crippen MR) is 104 cm³/mol. The van der Waals surface area contributed by atoms with Gasteiger partial charge in [0.25, 0.3) is 0 Å². The first kappa shape index (κ1) is 20.0. The molecule has 0 spiro atoms. The lowest BCUT2D eigenvalue weighted by Crippen LogP contribution is -2.68. The molecule has 2 amide bonds. The van der Waals surface area contributed by atoms with Gasteiger partial charge in [-0.15, -0.1) is 0 Å². The molecule has 0 saturated carbocycles. The molecular weight excluding hydrogens is 359 g/mol. The Hall–Kier alpha value is -2.73. The summed E-state index contributed by atoms with van der Waals surface area (Å²) >= 11 is 0. The monoisotopic (exact) mass is 384 g/mol. The molecule has 0 unspecified atom stereocenters. The average molecular weight is 384 g/mol. The van der Waals surface area contributed by atoms with E-state index in [2.05, 4.69) is 0 Å². The quantitative estimate of drug-likeness (QED) is 0.833. The number of nitrogens with zero attached hydrogens (tertiary/aromatic N) is 2. The van der Waals surface area contributed by atoms with E-state index in [0.717, 1.165) is 5.56 Å². The minimum Gasteiger partial charge on any atom is -0.394 e. The fourth-order valence-electron chi connectivity index (χ4n) is 4.12. The van der Waals surface area contributed by atoms with Crippen LogP contribution in [-0.2, 0) is 16.1 Å². The van der Waals surface area contributed by atoms with E-state index in [4.69, 9.17) is 0 Å². The van der Waals surface area contributed by atoms with Crippen molar-refractivity contribution in [3.8, 4) is 0 Å². The zero-order valence-corrected chi connectivity index (χ0v) is 16.1. The molecule has 1 N–H and O–H groups in total. The van der Waals surface area contributed by atoms with Crippen molar-refractivity contribution in [2.24, 2.45) is 0 Å². The van der Waals surface area contributed by atoms with Gasteiger partial charge in [0.1, 0.15) is 5.82 Å². The molecule has 0 radical (unpaired) electrons. The zero-order valence-electron chi connectivity index (χ0n) is 16.1. The van der Waals surface area contributed by atoms with Crippen molar-refractivity contribution in [2.75, 3.05) is 13.2 Å². The highest BCUT2D eigenvalue weighted by atomic mass is 19.1. The first-order valence-electron chi connectivity index (χ1n) is 9.37. The lowest BCUT2D eigenvalue weighted by atomic mass is 9.74. The van der Waals surface area contributed by atoms with E-state index in [1.54, 1.807) is 21.9 Å². The molecule has 1 aliphatic rings. The number of halogens is 1. The third-order valence-electron chi connectivity index (χ3n) is 5.39. The molecule has 0 aliphatic carbocycles. The number of aliphatic hydroxyl groups excluding tert-OH is 1. The second-order valence-electron chi connectivity index (χ2n) is 7.21. The van der Waals surface area contributed by atoms with Crippen molar-refractivity contribution in [1.82, 2.24) is 9.80 Å². The maximum absolute atomic E-state index is 13.5. The second-order valence-corrected chi connectivity index (χ2v) is 7.21. The molecule has 3 atom stereocenters. The van der Waals surface area contributed by atoms with Crippen molar-refractivity contribution in [1.29, 1.82) is 0 Å². The molecule has 1 fully saturated rings. The van der Waals surface area contributed by atoms with Crippen LogP contribution >= 0.6 is 0 Å². The fourth-order valence-corrected chi connectivity index (χ4v) is 4.12. The molecule has 6 heteroatoms. The first-order chi connectivity index (χ1) is 13.4. The minimum atomic E-state index is -0.350. The maximum Gasteiger partial charge on any atom is 0.220 e. The number of carbonyl (C=O) groups excluding carboxylic acids is 2. The number of carbonyl (C=O) groups is 2. The number of benzene rings is 2. The van der Waals surface area contributed by atoms with Gasteiger partial charge < -0.3 is 14.9 Å². The van der Waals surface area contributed by atoms with Gasteiger partial charge in [-0.05, 0) is 23.3 Å². The fraction of sp³-hybridized carbons (Fsp3) is 0.364. The first-order valence-corrected chi connectivity index (χ1v) is 9.37. The molecule has 5 nitrogen and oxygen atoms in total. The second kappa shape index (κ2) is 8.52. The Balaban J connectivity index is 1.86. The zero-order chi connectivity index (χ0) is 20.3. The molecule has 3 rings (SSSR count). The Morgan fingerprint density at radius 3 is 2.36 bits per heavy atom. The van der Waals surface area contributed by atoms with Crippen molar-refractivity contribution < 1.29 is 19.1 Å². The van der Waals surface area contributed by atoms with Crippen LogP contribution < -0.4 is 0 Å². The number of rotatable bonds is 6. The van der Waals surface area contributed by atoms with Crippen LogP contribution in [0, 0.1) is 5.82 Å². The van der Waals surface area contributed by atoms with Crippen LogP contribution in [0.15, 0.2) is 54.6 Å². The molecule has 28 heavy (non-hydrogen) atoms. The Labute approximate surface area is 164 Å². The van der Waals surface area contributed by atoms with Gasteiger partial charge >= 0.3 is 0 Å². The van der Waals surface area contributed by atoms with E-state index < -0.39 is 0 Å². The predicted octanol–water partition coefficient (Wildman–Crippen LogP) is 2.55. The molecular formula is C22H25FN2O3. The van der Waals surface area contributed by atoms with Crippen LogP contribution in [0.25, 0.3) is 0 Å². The van der Waals surface area contributed by atoms with E-state index in [9.17, 15) is 19.1 Å². The van der Waals surface area contributed by atoms with Gasteiger partial charge in [-0.3, -0.25) is 9.59 Å². The molecule has 1 heterocycles. The van der Waals surface area contributed by atoms with E-state index in [1.165, 1.54) is 26.0 Å². The number of hydrogen-bond donors (Lipinski definition) is 1. The summed E-state index contributed by atoms with van der Waals surface area (Å²) in [6.07, 6.45) is 0. The van der Waals surface area contributed by atoms with Crippen LogP contribution in [0.5, 0.6) is 0 Å². The average Bonchev–Trinajstić information content (AvgIpc) is 2.64. The topological polar surface area (TPSA) is 60.9 Å². The SMILES string of the molecule is CC(=O)N(Cc1cccc(F)c1)C[C@H]1[C@@H](c2ccccc2)[C@@H](CO)N1C(C)=O. The summed E-state index contributed by atoms with van der Waals surface area (Å²) in [5, 5.41) is 9.85. The number of aliphatic hydroxyl groups is 1. The van der Waals surface area contributed by atoms with Crippen LogP contribution in [-0.4, -0.2) is 52.0 Å². The summed E-state index contributed by atoms with van der Waals surface area (Å²) in [6, 6.07) is 15.3. The summed E-state index contributed by atoms with van der Waals surface area (Å²) in [5.41, 5.74) is 1.72. The third-order valence-corrected chi connectivity index (χ3v) is 5.39. The Morgan fingerprint density at radius 1 is 1.07 bits per heavy atom. The van der Waals surface area contributed by atoms with Gasteiger partial charge in [0.05, 0.1) is 18.7 Å². The Morgan fingerprint density at radius 2 is 1.79 bits per heavy atom. The molecule has 1 saturated heterocycles. The lowest BCUT2D eigenvalue weighted by molar-refractivity contribution is -0.152. The highest BCUT2D eigenvalue weighted by Crippen LogP contribution is 2.41. The van der Waals surface area contributed by atoms with Crippen molar-refractivity contribution in [3.05, 3.63) is 71.5 Å². The maximum atomic E-state index is 13.5. The van der Waals surface area contributed by atoms with Crippen LogP contribution in [0.3, 0.4) is 0 Å². The molecule has 2 aromatic rings. The molecule has 148 valence electrons. The van der Waals surface area contributed by atoms with Crippen LogP contribution in [0.1, 0.15) is 30.9 Å². The van der Waals surface area contributed by atoms with Gasteiger partial charge in [0.2, 0.25) is 11.8 Å². The highest BCUT2D eigenvalue weighted by molar-refractivity contribution is 5.77. The summed E-state index contributed by atoms with van der Waals surface area (Å²) < 4.78 is 13.5. The number of hydrogen-bond acceptors (Lipinski definition) is 3. The highest BCUT2D eigenvalue weighted by Gasteiger charge is 2.50. The smallest absolute Gasteiger partial charge is 0.220 e. The third kappa shape index (κ3) is 4.07. The summed E-state index contributed by atoms with van der Waals surface area (Å²) in [6.45, 7) is 3.39. The summed E-state index contributed by atoms with van der Waals surface area (Å²) in [5.74, 6) is -0.695. The van der Waals surface area contributed by atoms with E-state index >= 15 is 0 Å². The normalized spacial score (nSPS) is 21.1. The van der Waals surface area contributed by atoms with E-state index in [1.807, 2.05) is 30.3 Å². The molecule has 0 aromatic heterocycles. The van der Waals surface area contributed by atoms with Crippen LogP contribution in [0.2, 0.25) is 0 Å². The van der Waals surface area contributed by atoms with Gasteiger partial charge in [-0.25, -0.2) is 4.39 Å². The van der Waals surface area contributed by atoms with Crippen LogP contribution in [0.4, 0.5) is 4.39 Å². The van der Waals surface area contributed by atoms with E-state index in [-0.39, 0.29) is 48.8 Å². The Kier molecular flexibility index (Phi) is 6.09. The molecule has 2 aromatic carbocycles. The molecule has 0 bridgehead atoms. The van der Waals surface area contributed by atoms with E-state index in [0.29, 0.717) is 12.1 Å². The standard InChI is InChI=1S/C22H25FN2O3/c1-15(27)24(12-17-7-6-10-19(23)11-17)13-20-22(18-8-4-3-5-9-18)21(14-26)25(20)16(2)28/h3-11,20-22,26H,12-14H2,1-2H3/t20-,21+,22+/m0/s1. The summed E-state index contributed by atoms with van der Waals surface area (Å²) in [7, 11) is 0. The van der Waals surface area contributed by atoms with Gasteiger partial charge in [-0.1, -0.05) is 42.5 Å². The van der Waals surface area contributed by atoms with Gasteiger partial charge in [0, 0.05) is 32.9 Å². The minimum absolute atomic E-state index is 0.0653. The van der Waals surface area contributed by atoms with Crippen molar-refractivity contribution >= 4 is 11.8 Å². The van der Waals surface area contributed by atoms with Gasteiger partial charge in [0.15, 0.2) is 0 Å². The van der Waals surface area contributed by atoms with Gasteiger partial charge in [-0.2, -0.15) is 0 Å². The van der Waals surface area contributed by atoms with Crippen molar-refractivity contribution in [2.45, 2.75) is 38.4 Å². The largest absolute Gasteiger partial charge is 0.394 e. The lowest BCUT2D eigenvalue weighted by Gasteiger charge is -2.55. The Bertz CT molecular complexity index is 843. The number of likely N-dealkylation sites (tertiary alicyclic amines) is 1.